The van der Waals surface area contributed by atoms with Crippen molar-refractivity contribution in [3.8, 4) is 0 Å². The molecule has 0 radical (unpaired) electrons. The third-order valence-corrected chi connectivity index (χ3v) is 2.91. The van der Waals surface area contributed by atoms with E-state index in [0.29, 0.717) is 13.2 Å². The van der Waals surface area contributed by atoms with Gasteiger partial charge in [0.05, 0.1) is 6.61 Å². The first-order chi connectivity index (χ1) is 7.69. The molecule has 0 aromatic heterocycles. The van der Waals surface area contributed by atoms with Crippen molar-refractivity contribution >= 4 is 11.6 Å². The molecule has 0 fully saturated rings. The van der Waals surface area contributed by atoms with Crippen molar-refractivity contribution in [1.29, 1.82) is 0 Å². The van der Waals surface area contributed by atoms with Crippen LogP contribution in [0.15, 0.2) is 24.3 Å². The summed E-state index contributed by atoms with van der Waals surface area (Å²) in [6, 6.07) is 8.03. The fraction of sp³-hybridized carbons (Fsp3) is 0.500. The maximum Gasteiger partial charge on any atom is 0.0589 e. The molecule has 1 rings (SSSR count). The normalized spacial score (nSPS) is 13.1. The van der Waals surface area contributed by atoms with E-state index in [4.69, 9.17) is 22.1 Å². The van der Waals surface area contributed by atoms with Gasteiger partial charge in [-0.25, -0.2) is 0 Å². The summed E-state index contributed by atoms with van der Waals surface area (Å²) in [4.78, 5) is 2.19. The van der Waals surface area contributed by atoms with Crippen LogP contribution in [0.3, 0.4) is 0 Å². The molecule has 0 saturated heterocycles. The lowest BCUT2D eigenvalue weighted by Crippen LogP contribution is -2.32. The number of halogens is 1. The van der Waals surface area contributed by atoms with Gasteiger partial charge in [0, 0.05) is 31.3 Å². The highest BCUT2D eigenvalue weighted by atomic mass is 35.5. The molecule has 0 aliphatic rings. The van der Waals surface area contributed by atoms with Crippen molar-refractivity contribution in [3.63, 3.8) is 0 Å². The summed E-state index contributed by atoms with van der Waals surface area (Å²) in [5, 5.41) is 0.749. The molecule has 0 heterocycles. The quantitative estimate of drug-likeness (QED) is 0.829. The van der Waals surface area contributed by atoms with Crippen LogP contribution in [-0.4, -0.2) is 38.8 Å². The molecular weight excluding hydrogens is 224 g/mol. The molecule has 1 atom stereocenters. The summed E-state index contributed by atoms with van der Waals surface area (Å²) >= 11 is 5.86. The number of nitrogens with zero attached hydrogens (tertiary/aromatic N) is 1. The summed E-state index contributed by atoms with van der Waals surface area (Å²) in [7, 11) is 3.75. The number of ether oxygens (including phenoxy) is 1. The van der Waals surface area contributed by atoms with E-state index < -0.39 is 0 Å². The minimum absolute atomic E-state index is 0.215. The van der Waals surface area contributed by atoms with Crippen LogP contribution in [0.4, 0.5) is 0 Å². The molecule has 16 heavy (non-hydrogen) atoms. The maximum atomic E-state index is 5.86. The Balaban J connectivity index is 2.69. The lowest BCUT2D eigenvalue weighted by atomic mass is 10.1. The van der Waals surface area contributed by atoms with Gasteiger partial charge in [-0.05, 0) is 24.7 Å². The molecule has 3 nitrogen and oxygen atoms in total. The summed E-state index contributed by atoms with van der Waals surface area (Å²) in [6.45, 7) is 2.16. The summed E-state index contributed by atoms with van der Waals surface area (Å²) < 4.78 is 5.06. The van der Waals surface area contributed by atoms with Crippen LogP contribution in [-0.2, 0) is 4.74 Å². The number of benzene rings is 1. The Morgan fingerprint density at radius 1 is 1.38 bits per heavy atom. The zero-order valence-electron chi connectivity index (χ0n) is 9.82. The molecule has 4 heteroatoms. The van der Waals surface area contributed by atoms with Gasteiger partial charge in [-0.1, -0.05) is 23.7 Å². The van der Waals surface area contributed by atoms with E-state index in [1.165, 1.54) is 5.56 Å². The lowest BCUT2D eigenvalue weighted by molar-refractivity contribution is 0.140. The van der Waals surface area contributed by atoms with Gasteiger partial charge in [-0.3, -0.25) is 4.90 Å². The Hall–Kier alpha value is -0.610. The minimum Gasteiger partial charge on any atom is -0.383 e. The van der Waals surface area contributed by atoms with Crippen LogP contribution in [0.5, 0.6) is 0 Å². The number of likely N-dealkylation sites (N-methyl/N-ethyl adjacent to an activating group) is 1. The van der Waals surface area contributed by atoms with Gasteiger partial charge in [0.15, 0.2) is 0 Å². The molecule has 0 spiro atoms. The molecule has 90 valence electrons. The fourth-order valence-corrected chi connectivity index (χ4v) is 1.77. The predicted molar refractivity (Wildman–Crippen MR) is 67.8 cm³/mol. The van der Waals surface area contributed by atoms with Crippen molar-refractivity contribution < 1.29 is 4.74 Å². The number of methoxy groups -OCH3 is 1. The van der Waals surface area contributed by atoms with E-state index in [0.717, 1.165) is 11.6 Å². The van der Waals surface area contributed by atoms with E-state index in [9.17, 15) is 0 Å². The number of rotatable bonds is 6. The van der Waals surface area contributed by atoms with Crippen LogP contribution >= 0.6 is 11.6 Å². The standard InChI is InChI=1S/C12H19ClN2O/c1-15(7-8-16-2)12(9-14)10-3-5-11(13)6-4-10/h3-6,12H,7-9,14H2,1-2H3. The van der Waals surface area contributed by atoms with E-state index in [2.05, 4.69) is 4.90 Å². The molecule has 0 aliphatic carbocycles. The second-order valence-corrected chi connectivity index (χ2v) is 4.21. The third kappa shape index (κ3) is 3.76. The van der Waals surface area contributed by atoms with E-state index >= 15 is 0 Å². The first-order valence-corrected chi connectivity index (χ1v) is 5.71. The predicted octanol–water partition coefficient (Wildman–Crippen LogP) is 1.92. The largest absolute Gasteiger partial charge is 0.383 e. The Morgan fingerprint density at radius 3 is 2.50 bits per heavy atom. The first-order valence-electron chi connectivity index (χ1n) is 5.33. The van der Waals surface area contributed by atoms with Crippen LogP contribution in [0.1, 0.15) is 11.6 Å². The van der Waals surface area contributed by atoms with Gasteiger partial charge in [-0.15, -0.1) is 0 Å². The average Bonchev–Trinajstić information content (AvgIpc) is 2.30. The van der Waals surface area contributed by atoms with E-state index in [1.54, 1.807) is 7.11 Å². The molecule has 0 saturated carbocycles. The molecule has 2 N–H and O–H groups in total. The Kier molecular flexibility index (Phi) is 5.77. The van der Waals surface area contributed by atoms with Crippen LogP contribution < -0.4 is 5.73 Å². The first kappa shape index (κ1) is 13.5. The highest BCUT2D eigenvalue weighted by molar-refractivity contribution is 6.30. The average molecular weight is 243 g/mol. The fourth-order valence-electron chi connectivity index (χ4n) is 1.65. The number of hydrogen-bond donors (Lipinski definition) is 1. The van der Waals surface area contributed by atoms with E-state index in [-0.39, 0.29) is 6.04 Å². The zero-order valence-corrected chi connectivity index (χ0v) is 10.6. The minimum atomic E-state index is 0.215. The van der Waals surface area contributed by atoms with Gasteiger partial charge in [0.2, 0.25) is 0 Å². The van der Waals surface area contributed by atoms with Crippen molar-refractivity contribution in [2.24, 2.45) is 5.73 Å². The van der Waals surface area contributed by atoms with Gasteiger partial charge < -0.3 is 10.5 Å². The summed E-state index contributed by atoms with van der Waals surface area (Å²) in [6.07, 6.45) is 0. The topological polar surface area (TPSA) is 38.5 Å². The summed E-state index contributed by atoms with van der Waals surface area (Å²) in [5.41, 5.74) is 6.99. The molecule has 0 bridgehead atoms. The zero-order chi connectivity index (χ0) is 12.0. The Labute approximate surface area is 102 Å². The van der Waals surface area contributed by atoms with Gasteiger partial charge >= 0.3 is 0 Å². The van der Waals surface area contributed by atoms with Crippen molar-refractivity contribution in [2.45, 2.75) is 6.04 Å². The van der Waals surface area contributed by atoms with Gasteiger partial charge in [0.25, 0.3) is 0 Å². The molecule has 1 unspecified atom stereocenters. The highest BCUT2D eigenvalue weighted by Gasteiger charge is 2.14. The van der Waals surface area contributed by atoms with Crippen LogP contribution in [0, 0.1) is 0 Å². The highest BCUT2D eigenvalue weighted by Crippen LogP contribution is 2.20. The Bertz CT molecular complexity index is 302. The van der Waals surface area contributed by atoms with Gasteiger partial charge in [0.1, 0.15) is 0 Å². The number of hydrogen-bond acceptors (Lipinski definition) is 3. The van der Waals surface area contributed by atoms with Crippen LogP contribution in [0.2, 0.25) is 5.02 Å². The molecule has 1 aromatic rings. The molecule has 0 amide bonds. The second kappa shape index (κ2) is 6.86. The van der Waals surface area contributed by atoms with Crippen molar-refractivity contribution in [1.82, 2.24) is 4.90 Å². The molecular formula is C12H19ClN2O. The third-order valence-electron chi connectivity index (χ3n) is 2.66. The van der Waals surface area contributed by atoms with E-state index in [1.807, 2.05) is 31.3 Å². The second-order valence-electron chi connectivity index (χ2n) is 3.78. The molecule has 0 aliphatic heterocycles. The SMILES string of the molecule is COCCN(C)C(CN)c1ccc(Cl)cc1. The van der Waals surface area contributed by atoms with Gasteiger partial charge in [-0.2, -0.15) is 0 Å². The maximum absolute atomic E-state index is 5.86. The summed E-state index contributed by atoms with van der Waals surface area (Å²) in [5.74, 6) is 0. The van der Waals surface area contributed by atoms with Crippen molar-refractivity contribution in [2.75, 3.05) is 33.9 Å². The monoisotopic (exact) mass is 242 g/mol. The van der Waals surface area contributed by atoms with Crippen LogP contribution in [0.25, 0.3) is 0 Å². The number of nitrogens with two attached hydrogens (primary N) is 1. The lowest BCUT2D eigenvalue weighted by Gasteiger charge is -2.27. The van der Waals surface area contributed by atoms with Crippen molar-refractivity contribution in [3.05, 3.63) is 34.9 Å². The molecule has 1 aromatic carbocycles. The smallest absolute Gasteiger partial charge is 0.0589 e. The Morgan fingerprint density at radius 2 is 2.00 bits per heavy atom.